The van der Waals surface area contributed by atoms with Gasteiger partial charge in [0.05, 0.1) is 26.3 Å². The Balaban J connectivity index is 2.00. The first-order valence-corrected chi connectivity index (χ1v) is 8.03. The highest BCUT2D eigenvalue weighted by molar-refractivity contribution is 5.99. The Kier molecular flexibility index (Phi) is 6.21. The van der Waals surface area contributed by atoms with E-state index in [1.807, 2.05) is 0 Å². The van der Waals surface area contributed by atoms with E-state index in [-0.39, 0.29) is 18.4 Å². The molecule has 1 atom stereocenters. The average molecular weight is 349 g/mol. The van der Waals surface area contributed by atoms with Gasteiger partial charge in [0, 0.05) is 19.7 Å². The quantitative estimate of drug-likeness (QED) is 0.763. The van der Waals surface area contributed by atoms with Crippen molar-refractivity contribution in [2.45, 2.75) is 18.9 Å². The summed E-state index contributed by atoms with van der Waals surface area (Å²) in [4.78, 5) is 38.0. The predicted molar refractivity (Wildman–Crippen MR) is 90.7 cm³/mol. The molecule has 0 bridgehead atoms. The van der Waals surface area contributed by atoms with Gasteiger partial charge in [-0.2, -0.15) is 0 Å². The SMILES string of the molecule is CNC(=O)[C@@H]1CCCN1C(=O)CNC(=O)c1ccc(OC)cc1OC. The van der Waals surface area contributed by atoms with Crippen molar-refractivity contribution < 1.29 is 23.9 Å². The summed E-state index contributed by atoms with van der Waals surface area (Å²) in [6.07, 6.45) is 1.40. The normalized spacial score (nSPS) is 16.3. The molecule has 0 saturated carbocycles. The van der Waals surface area contributed by atoms with Gasteiger partial charge in [-0.3, -0.25) is 14.4 Å². The number of likely N-dealkylation sites (tertiary alicyclic amines) is 1. The second-order valence-corrected chi connectivity index (χ2v) is 5.61. The van der Waals surface area contributed by atoms with Crippen molar-refractivity contribution in [3.63, 3.8) is 0 Å². The number of carbonyl (C=O) groups is 3. The molecule has 3 amide bonds. The standard InChI is InChI=1S/C17H23N3O5/c1-18-17(23)13-5-4-8-20(13)15(21)10-19-16(22)12-7-6-11(24-2)9-14(12)25-3/h6-7,9,13H,4-5,8,10H2,1-3H3,(H,18,23)(H,19,22)/t13-/m0/s1. The molecule has 25 heavy (non-hydrogen) atoms. The fraction of sp³-hybridized carbons (Fsp3) is 0.471. The van der Waals surface area contributed by atoms with Gasteiger partial charge in [0.2, 0.25) is 11.8 Å². The van der Waals surface area contributed by atoms with Gasteiger partial charge in [0.25, 0.3) is 5.91 Å². The van der Waals surface area contributed by atoms with E-state index in [4.69, 9.17) is 9.47 Å². The lowest BCUT2D eigenvalue weighted by Gasteiger charge is -2.23. The number of methoxy groups -OCH3 is 2. The fourth-order valence-electron chi connectivity index (χ4n) is 2.84. The number of amides is 3. The molecule has 0 aromatic heterocycles. The van der Waals surface area contributed by atoms with Gasteiger partial charge in [0.1, 0.15) is 17.5 Å². The van der Waals surface area contributed by atoms with Crippen LogP contribution in [0.25, 0.3) is 0 Å². The third-order valence-corrected chi connectivity index (χ3v) is 4.18. The highest BCUT2D eigenvalue weighted by atomic mass is 16.5. The molecule has 1 fully saturated rings. The van der Waals surface area contributed by atoms with E-state index in [9.17, 15) is 14.4 Å². The Bertz CT molecular complexity index is 662. The number of ether oxygens (including phenoxy) is 2. The van der Waals surface area contributed by atoms with Gasteiger partial charge in [-0.15, -0.1) is 0 Å². The summed E-state index contributed by atoms with van der Waals surface area (Å²) in [5.74, 6) is 0.0214. The minimum Gasteiger partial charge on any atom is -0.497 e. The number of rotatable bonds is 6. The van der Waals surface area contributed by atoms with Crippen LogP contribution in [0.1, 0.15) is 23.2 Å². The van der Waals surface area contributed by atoms with Crippen molar-refractivity contribution in [1.29, 1.82) is 0 Å². The smallest absolute Gasteiger partial charge is 0.255 e. The highest BCUT2D eigenvalue weighted by Gasteiger charge is 2.33. The van der Waals surface area contributed by atoms with E-state index < -0.39 is 11.9 Å². The maximum atomic E-state index is 12.3. The van der Waals surface area contributed by atoms with E-state index in [0.717, 1.165) is 6.42 Å². The number of hydrogen-bond donors (Lipinski definition) is 2. The molecule has 0 aliphatic carbocycles. The first-order valence-electron chi connectivity index (χ1n) is 8.03. The molecule has 0 spiro atoms. The Morgan fingerprint density at radius 1 is 1.24 bits per heavy atom. The lowest BCUT2D eigenvalue weighted by molar-refractivity contribution is -0.137. The van der Waals surface area contributed by atoms with Crippen molar-refractivity contribution in [2.24, 2.45) is 0 Å². The molecule has 1 saturated heterocycles. The van der Waals surface area contributed by atoms with Gasteiger partial charge in [-0.05, 0) is 25.0 Å². The molecule has 8 nitrogen and oxygen atoms in total. The van der Waals surface area contributed by atoms with E-state index in [0.29, 0.717) is 30.0 Å². The topological polar surface area (TPSA) is 97.0 Å². The van der Waals surface area contributed by atoms with E-state index in [2.05, 4.69) is 10.6 Å². The second kappa shape index (κ2) is 8.36. The molecule has 1 aliphatic heterocycles. The minimum absolute atomic E-state index is 0.179. The van der Waals surface area contributed by atoms with Gasteiger partial charge >= 0.3 is 0 Å². The fourth-order valence-corrected chi connectivity index (χ4v) is 2.84. The summed E-state index contributed by atoms with van der Waals surface area (Å²) in [6.45, 7) is 0.333. The van der Waals surface area contributed by atoms with Crippen LogP contribution in [0.3, 0.4) is 0 Å². The molecule has 2 N–H and O–H groups in total. The summed E-state index contributed by atoms with van der Waals surface area (Å²) >= 11 is 0. The Labute approximate surface area is 146 Å². The van der Waals surface area contributed by atoms with Crippen molar-refractivity contribution in [3.8, 4) is 11.5 Å². The maximum absolute atomic E-state index is 12.3. The van der Waals surface area contributed by atoms with Crippen molar-refractivity contribution in [1.82, 2.24) is 15.5 Å². The van der Waals surface area contributed by atoms with Crippen LogP contribution in [-0.2, 0) is 9.59 Å². The molecule has 1 aromatic rings. The summed E-state index contributed by atoms with van der Waals surface area (Å²) in [5.41, 5.74) is 0.306. The van der Waals surface area contributed by atoms with Crippen LogP contribution in [0, 0.1) is 0 Å². The van der Waals surface area contributed by atoms with Gasteiger partial charge < -0.3 is 25.0 Å². The predicted octanol–water partition coefficient (Wildman–Crippen LogP) is 0.171. The number of benzene rings is 1. The molecule has 136 valence electrons. The average Bonchev–Trinajstić information content (AvgIpc) is 3.14. The summed E-state index contributed by atoms with van der Waals surface area (Å²) in [7, 11) is 4.52. The van der Waals surface area contributed by atoms with Crippen molar-refractivity contribution in [3.05, 3.63) is 23.8 Å². The lowest BCUT2D eigenvalue weighted by atomic mass is 10.1. The summed E-state index contributed by atoms with van der Waals surface area (Å²) < 4.78 is 10.3. The van der Waals surface area contributed by atoms with Crippen LogP contribution < -0.4 is 20.1 Å². The van der Waals surface area contributed by atoms with E-state index in [1.165, 1.54) is 19.1 Å². The van der Waals surface area contributed by atoms with E-state index >= 15 is 0 Å². The van der Waals surface area contributed by atoms with Crippen molar-refractivity contribution in [2.75, 3.05) is 34.4 Å². The minimum atomic E-state index is -0.468. The van der Waals surface area contributed by atoms with Crippen LogP contribution in [0.5, 0.6) is 11.5 Å². The zero-order valence-electron chi connectivity index (χ0n) is 14.6. The van der Waals surface area contributed by atoms with E-state index in [1.54, 1.807) is 25.2 Å². The molecule has 0 radical (unpaired) electrons. The Hall–Kier alpha value is -2.77. The largest absolute Gasteiger partial charge is 0.497 e. The van der Waals surface area contributed by atoms with Crippen LogP contribution >= 0.6 is 0 Å². The number of carbonyl (C=O) groups excluding carboxylic acids is 3. The molecular formula is C17H23N3O5. The number of hydrogen-bond acceptors (Lipinski definition) is 5. The third kappa shape index (κ3) is 4.20. The highest BCUT2D eigenvalue weighted by Crippen LogP contribution is 2.24. The van der Waals surface area contributed by atoms with Crippen LogP contribution in [-0.4, -0.2) is 63.0 Å². The number of nitrogens with zero attached hydrogens (tertiary/aromatic N) is 1. The Morgan fingerprint density at radius 3 is 2.64 bits per heavy atom. The first kappa shape index (κ1) is 18.6. The van der Waals surface area contributed by atoms with Gasteiger partial charge in [0.15, 0.2) is 0 Å². The molecule has 1 aromatic carbocycles. The Morgan fingerprint density at radius 2 is 2.00 bits per heavy atom. The summed E-state index contributed by atoms with van der Waals surface area (Å²) in [6, 6.07) is 4.34. The van der Waals surface area contributed by atoms with Crippen LogP contribution in [0.2, 0.25) is 0 Å². The summed E-state index contributed by atoms with van der Waals surface area (Å²) in [5, 5.41) is 5.14. The van der Waals surface area contributed by atoms with Gasteiger partial charge in [-0.1, -0.05) is 0 Å². The monoisotopic (exact) mass is 349 g/mol. The molecular weight excluding hydrogens is 326 g/mol. The third-order valence-electron chi connectivity index (χ3n) is 4.18. The zero-order chi connectivity index (χ0) is 18.4. The molecule has 0 unspecified atom stereocenters. The number of nitrogens with one attached hydrogen (secondary N) is 2. The van der Waals surface area contributed by atoms with Crippen LogP contribution in [0.15, 0.2) is 18.2 Å². The first-order chi connectivity index (χ1) is 12.0. The molecule has 1 aliphatic rings. The molecule has 1 heterocycles. The van der Waals surface area contributed by atoms with Crippen LogP contribution in [0.4, 0.5) is 0 Å². The maximum Gasteiger partial charge on any atom is 0.255 e. The lowest BCUT2D eigenvalue weighted by Crippen LogP contribution is -2.48. The van der Waals surface area contributed by atoms with Crippen molar-refractivity contribution >= 4 is 17.7 Å². The number of likely N-dealkylation sites (N-methyl/N-ethyl adjacent to an activating group) is 1. The van der Waals surface area contributed by atoms with Gasteiger partial charge in [-0.25, -0.2) is 0 Å². The second-order valence-electron chi connectivity index (χ2n) is 5.61. The molecule has 8 heteroatoms. The molecule has 2 rings (SSSR count). The zero-order valence-corrected chi connectivity index (χ0v) is 14.6.